The minimum Gasteiger partial charge on any atom is -0.480 e. The second-order valence-electron chi connectivity index (χ2n) is 4.13. The monoisotopic (exact) mass is 300 g/mol. The van der Waals surface area contributed by atoms with Gasteiger partial charge in [0.1, 0.15) is 0 Å². The SMILES string of the molecule is COc1nc(NCCC2CCNC2)ncc1Br. The Morgan fingerprint density at radius 1 is 1.65 bits per heavy atom. The summed E-state index contributed by atoms with van der Waals surface area (Å²) in [5.74, 6) is 1.96. The molecule has 94 valence electrons. The van der Waals surface area contributed by atoms with Crippen molar-refractivity contribution in [2.75, 3.05) is 32.1 Å². The number of methoxy groups -OCH3 is 1. The minimum atomic E-state index is 0.560. The molecule has 0 saturated carbocycles. The number of nitrogens with one attached hydrogen (secondary N) is 2. The van der Waals surface area contributed by atoms with Crippen molar-refractivity contribution in [3.05, 3.63) is 10.7 Å². The van der Waals surface area contributed by atoms with Gasteiger partial charge in [-0.2, -0.15) is 4.98 Å². The number of hydrogen-bond acceptors (Lipinski definition) is 5. The number of halogens is 1. The summed E-state index contributed by atoms with van der Waals surface area (Å²) in [7, 11) is 1.60. The summed E-state index contributed by atoms with van der Waals surface area (Å²) in [6.45, 7) is 3.18. The first-order valence-electron chi connectivity index (χ1n) is 5.80. The molecule has 2 heterocycles. The normalized spacial score (nSPS) is 19.3. The molecule has 0 bridgehead atoms. The first-order chi connectivity index (χ1) is 8.29. The zero-order valence-electron chi connectivity index (χ0n) is 9.87. The van der Waals surface area contributed by atoms with Gasteiger partial charge in [0.2, 0.25) is 11.8 Å². The van der Waals surface area contributed by atoms with Crippen LogP contribution in [0.5, 0.6) is 5.88 Å². The van der Waals surface area contributed by atoms with Crippen molar-refractivity contribution in [2.45, 2.75) is 12.8 Å². The van der Waals surface area contributed by atoms with Crippen LogP contribution in [0.25, 0.3) is 0 Å². The van der Waals surface area contributed by atoms with Crippen LogP contribution in [0.3, 0.4) is 0 Å². The highest BCUT2D eigenvalue weighted by Crippen LogP contribution is 2.21. The minimum absolute atomic E-state index is 0.560. The van der Waals surface area contributed by atoms with Crippen LogP contribution >= 0.6 is 15.9 Å². The van der Waals surface area contributed by atoms with Crippen LogP contribution in [-0.4, -0.2) is 36.7 Å². The zero-order valence-corrected chi connectivity index (χ0v) is 11.5. The van der Waals surface area contributed by atoms with E-state index in [2.05, 4.69) is 36.5 Å². The van der Waals surface area contributed by atoms with Crippen LogP contribution in [-0.2, 0) is 0 Å². The third-order valence-electron chi connectivity index (χ3n) is 2.90. The third kappa shape index (κ3) is 3.54. The first kappa shape index (κ1) is 12.6. The van der Waals surface area contributed by atoms with Gasteiger partial charge in [0, 0.05) is 6.54 Å². The summed E-state index contributed by atoms with van der Waals surface area (Å²) >= 11 is 3.33. The van der Waals surface area contributed by atoms with E-state index in [4.69, 9.17) is 4.74 Å². The number of rotatable bonds is 5. The van der Waals surface area contributed by atoms with Crippen molar-refractivity contribution in [3.63, 3.8) is 0 Å². The molecule has 0 spiro atoms. The van der Waals surface area contributed by atoms with Crippen LogP contribution in [0.2, 0.25) is 0 Å². The molecule has 5 nitrogen and oxygen atoms in total. The standard InChI is InChI=1S/C11H17BrN4O/c1-17-10-9(12)7-15-11(16-10)14-5-3-8-2-4-13-6-8/h7-8,13H,2-6H2,1H3,(H,14,15,16). The van der Waals surface area contributed by atoms with Gasteiger partial charge in [-0.1, -0.05) is 0 Å². The summed E-state index contributed by atoms with van der Waals surface area (Å²) < 4.78 is 5.89. The van der Waals surface area contributed by atoms with Gasteiger partial charge >= 0.3 is 0 Å². The molecule has 1 unspecified atom stereocenters. The molecule has 0 aromatic carbocycles. The molecule has 17 heavy (non-hydrogen) atoms. The molecular formula is C11H17BrN4O. The Hall–Kier alpha value is -0.880. The van der Waals surface area contributed by atoms with Crippen molar-refractivity contribution >= 4 is 21.9 Å². The summed E-state index contributed by atoms with van der Waals surface area (Å²) in [4.78, 5) is 8.43. The van der Waals surface area contributed by atoms with Crippen molar-refractivity contribution in [1.29, 1.82) is 0 Å². The van der Waals surface area contributed by atoms with E-state index in [1.54, 1.807) is 13.3 Å². The Kier molecular flexibility index (Phi) is 4.56. The van der Waals surface area contributed by atoms with Gasteiger partial charge in [-0.05, 0) is 47.8 Å². The summed E-state index contributed by atoms with van der Waals surface area (Å²) in [5, 5.41) is 6.58. The quantitative estimate of drug-likeness (QED) is 0.866. The molecule has 0 aliphatic carbocycles. The maximum Gasteiger partial charge on any atom is 0.232 e. The fourth-order valence-corrected chi connectivity index (χ4v) is 2.28. The molecule has 2 rings (SSSR count). The lowest BCUT2D eigenvalue weighted by molar-refractivity contribution is 0.394. The van der Waals surface area contributed by atoms with E-state index in [-0.39, 0.29) is 0 Å². The van der Waals surface area contributed by atoms with Gasteiger partial charge in [0.15, 0.2) is 0 Å². The maximum atomic E-state index is 5.12. The Morgan fingerprint density at radius 2 is 2.53 bits per heavy atom. The summed E-state index contributed by atoms with van der Waals surface area (Å²) in [6, 6.07) is 0. The van der Waals surface area contributed by atoms with Gasteiger partial charge in [-0.3, -0.25) is 0 Å². The van der Waals surface area contributed by atoms with E-state index >= 15 is 0 Å². The van der Waals surface area contributed by atoms with Crippen LogP contribution in [0, 0.1) is 5.92 Å². The van der Waals surface area contributed by atoms with Crippen molar-refractivity contribution in [1.82, 2.24) is 15.3 Å². The fourth-order valence-electron chi connectivity index (χ4n) is 1.93. The predicted octanol–water partition coefficient (Wildman–Crippen LogP) is 1.66. The molecule has 6 heteroatoms. The van der Waals surface area contributed by atoms with E-state index in [0.717, 1.165) is 36.4 Å². The van der Waals surface area contributed by atoms with Crippen LogP contribution in [0.4, 0.5) is 5.95 Å². The lowest BCUT2D eigenvalue weighted by Crippen LogP contribution is -2.13. The smallest absolute Gasteiger partial charge is 0.232 e. The van der Waals surface area contributed by atoms with E-state index < -0.39 is 0 Å². The van der Waals surface area contributed by atoms with Crippen molar-refractivity contribution < 1.29 is 4.74 Å². The Bertz CT molecular complexity index is 368. The largest absolute Gasteiger partial charge is 0.480 e. The predicted molar refractivity (Wildman–Crippen MR) is 70.4 cm³/mol. The molecule has 1 aromatic heterocycles. The van der Waals surface area contributed by atoms with Crippen LogP contribution in [0.1, 0.15) is 12.8 Å². The van der Waals surface area contributed by atoms with Crippen LogP contribution in [0.15, 0.2) is 10.7 Å². The van der Waals surface area contributed by atoms with Crippen molar-refractivity contribution in [2.24, 2.45) is 5.92 Å². The van der Waals surface area contributed by atoms with E-state index in [0.29, 0.717) is 11.8 Å². The van der Waals surface area contributed by atoms with E-state index in [1.807, 2.05) is 0 Å². The molecule has 2 N–H and O–H groups in total. The van der Waals surface area contributed by atoms with Crippen molar-refractivity contribution in [3.8, 4) is 5.88 Å². The van der Waals surface area contributed by atoms with Crippen LogP contribution < -0.4 is 15.4 Å². The highest BCUT2D eigenvalue weighted by Gasteiger charge is 2.13. The highest BCUT2D eigenvalue weighted by atomic mass is 79.9. The topological polar surface area (TPSA) is 59.1 Å². The average molecular weight is 301 g/mol. The molecule has 0 amide bonds. The third-order valence-corrected chi connectivity index (χ3v) is 3.45. The first-order valence-corrected chi connectivity index (χ1v) is 6.60. The molecule has 1 atom stereocenters. The second kappa shape index (κ2) is 6.16. The number of nitrogens with zero attached hydrogens (tertiary/aromatic N) is 2. The van der Waals surface area contributed by atoms with Gasteiger partial charge in [0.25, 0.3) is 0 Å². The lowest BCUT2D eigenvalue weighted by atomic mass is 10.1. The fraction of sp³-hybridized carbons (Fsp3) is 0.636. The van der Waals surface area contributed by atoms with Gasteiger partial charge in [-0.25, -0.2) is 4.98 Å². The molecule has 0 radical (unpaired) electrons. The maximum absolute atomic E-state index is 5.12. The summed E-state index contributed by atoms with van der Waals surface area (Å²) in [5.41, 5.74) is 0. The number of anilines is 1. The lowest BCUT2D eigenvalue weighted by Gasteiger charge is -2.10. The van der Waals surface area contributed by atoms with Gasteiger partial charge < -0.3 is 15.4 Å². The summed E-state index contributed by atoms with van der Waals surface area (Å²) in [6.07, 6.45) is 4.12. The van der Waals surface area contributed by atoms with Gasteiger partial charge in [-0.15, -0.1) is 0 Å². The molecule has 1 saturated heterocycles. The number of ether oxygens (including phenoxy) is 1. The second-order valence-corrected chi connectivity index (χ2v) is 4.98. The number of hydrogen-bond donors (Lipinski definition) is 2. The number of aromatic nitrogens is 2. The molecule has 1 aliphatic heterocycles. The Morgan fingerprint density at radius 3 is 3.24 bits per heavy atom. The van der Waals surface area contributed by atoms with E-state index in [1.165, 1.54) is 6.42 Å². The molecular weight excluding hydrogens is 284 g/mol. The average Bonchev–Trinajstić information content (AvgIpc) is 2.84. The molecule has 1 fully saturated rings. The molecule has 1 aliphatic rings. The zero-order chi connectivity index (χ0) is 12.1. The molecule has 1 aromatic rings. The van der Waals surface area contributed by atoms with Gasteiger partial charge in [0.05, 0.1) is 17.8 Å². The highest BCUT2D eigenvalue weighted by molar-refractivity contribution is 9.10. The Balaban J connectivity index is 1.81. The van der Waals surface area contributed by atoms with E-state index in [9.17, 15) is 0 Å². The Labute approximate surface area is 110 Å².